The molecule has 2 fully saturated rings. The lowest BCUT2D eigenvalue weighted by Crippen LogP contribution is -2.59. The zero-order valence-corrected chi connectivity index (χ0v) is 13.0. The Morgan fingerprint density at radius 3 is 2.35 bits per heavy atom. The van der Waals surface area contributed by atoms with Crippen molar-refractivity contribution in [2.45, 2.75) is 81.9 Å². The Kier molecular flexibility index (Phi) is 5.85. The molecule has 0 aromatic rings. The van der Waals surface area contributed by atoms with E-state index in [1.807, 2.05) is 0 Å². The fraction of sp³-hybridized carbons (Fsp3) is 0.938. The number of methoxy groups -OCH3 is 2. The van der Waals surface area contributed by atoms with E-state index in [4.69, 9.17) is 9.47 Å². The van der Waals surface area contributed by atoms with Crippen LogP contribution >= 0.6 is 0 Å². The van der Waals surface area contributed by atoms with Gasteiger partial charge < -0.3 is 9.47 Å². The summed E-state index contributed by atoms with van der Waals surface area (Å²) in [6.45, 7) is 0. The Balaban J connectivity index is 2.07. The Morgan fingerprint density at radius 1 is 1.05 bits per heavy atom. The summed E-state index contributed by atoms with van der Waals surface area (Å²) in [5.74, 6) is -0.108. The first-order valence-corrected chi connectivity index (χ1v) is 8.09. The van der Waals surface area contributed by atoms with Crippen LogP contribution in [0.15, 0.2) is 0 Å². The summed E-state index contributed by atoms with van der Waals surface area (Å²) in [6.07, 6.45) is 11.4. The van der Waals surface area contributed by atoms with Crippen molar-refractivity contribution < 1.29 is 14.3 Å². The molecular weight excluding hydrogens is 254 g/mol. The van der Waals surface area contributed by atoms with Crippen LogP contribution in [0.3, 0.4) is 0 Å². The summed E-state index contributed by atoms with van der Waals surface area (Å²) in [4.78, 5) is 12.4. The zero-order chi connectivity index (χ0) is 14.4. The Labute approximate surface area is 122 Å². The SMILES string of the molecule is COC(=O)C1(NC2CCCCCC2)CCCC(OC)C1. The molecule has 2 aliphatic rings. The highest BCUT2D eigenvalue weighted by Crippen LogP contribution is 2.33. The first-order chi connectivity index (χ1) is 9.70. The molecule has 4 nitrogen and oxygen atoms in total. The molecule has 20 heavy (non-hydrogen) atoms. The molecule has 4 heteroatoms. The Morgan fingerprint density at radius 2 is 1.75 bits per heavy atom. The fourth-order valence-electron chi connectivity index (χ4n) is 3.81. The van der Waals surface area contributed by atoms with E-state index in [9.17, 15) is 4.79 Å². The monoisotopic (exact) mass is 283 g/mol. The first-order valence-electron chi connectivity index (χ1n) is 8.09. The van der Waals surface area contributed by atoms with Gasteiger partial charge in [0.2, 0.25) is 0 Å². The van der Waals surface area contributed by atoms with Crippen LogP contribution in [0.4, 0.5) is 0 Å². The summed E-state index contributed by atoms with van der Waals surface area (Å²) < 4.78 is 10.6. The number of hydrogen-bond acceptors (Lipinski definition) is 4. The van der Waals surface area contributed by atoms with E-state index in [0.29, 0.717) is 6.04 Å². The number of carbonyl (C=O) groups excluding carboxylic acids is 1. The van der Waals surface area contributed by atoms with Crippen molar-refractivity contribution in [3.63, 3.8) is 0 Å². The van der Waals surface area contributed by atoms with Gasteiger partial charge in [0.1, 0.15) is 5.54 Å². The van der Waals surface area contributed by atoms with Crippen LogP contribution in [0.2, 0.25) is 0 Å². The number of carbonyl (C=O) groups is 1. The normalized spacial score (nSPS) is 32.6. The topological polar surface area (TPSA) is 47.6 Å². The molecule has 0 amide bonds. The van der Waals surface area contributed by atoms with Crippen LogP contribution in [-0.2, 0) is 14.3 Å². The van der Waals surface area contributed by atoms with Crippen molar-refractivity contribution in [1.29, 1.82) is 0 Å². The predicted molar refractivity (Wildman–Crippen MR) is 78.6 cm³/mol. The maximum absolute atomic E-state index is 12.4. The minimum absolute atomic E-state index is 0.108. The van der Waals surface area contributed by atoms with Gasteiger partial charge in [-0.05, 0) is 32.1 Å². The third kappa shape index (κ3) is 3.73. The number of ether oxygens (including phenoxy) is 2. The number of hydrogen-bond donors (Lipinski definition) is 1. The van der Waals surface area contributed by atoms with Crippen molar-refractivity contribution in [2.75, 3.05) is 14.2 Å². The number of nitrogens with one attached hydrogen (secondary N) is 1. The van der Waals surface area contributed by atoms with Gasteiger partial charge in [-0.15, -0.1) is 0 Å². The van der Waals surface area contributed by atoms with Gasteiger partial charge in [-0.1, -0.05) is 25.7 Å². The molecule has 2 atom stereocenters. The molecule has 2 aliphatic carbocycles. The van der Waals surface area contributed by atoms with E-state index in [1.165, 1.54) is 45.6 Å². The van der Waals surface area contributed by atoms with Gasteiger partial charge in [0.15, 0.2) is 0 Å². The van der Waals surface area contributed by atoms with Gasteiger partial charge in [0, 0.05) is 19.6 Å². The molecule has 0 aliphatic heterocycles. The van der Waals surface area contributed by atoms with E-state index in [-0.39, 0.29) is 12.1 Å². The van der Waals surface area contributed by atoms with E-state index in [1.54, 1.807) is 7.11 Å². The molecule has 0 aromatic carbocycles. The summed E-state index contributed by atoms with van der Waals surface area (Å²) in [6, 6.07) is 0.451. The zero-order valence-electron chi connectivity index (χ0n) is 13.0. The first kappa shape index (κ1) is 15.8. The smallest absolute Gasteiger partial charge is 0.326 e. The second kappa shape index (κ2) is 7.41. The summed E-state index contributed by atoms with van der Waals surface area (Å²) in [5.41, 5.74) is -0.525. The lowest BCUT2D eigenvalue weighted by atomic mass is 9.79. The van der Waals surface area contributed by atoms with E-state index < -0.39 is 5.54 Å². The highest BCUT2D eigenvalue weighted by molar-refractivity contribution is 5.81. The van der Waals surface area contributed by atoms with Gasteiger partial charge >= 0.3 is 5.97 Å². The second-order valence-corrected chi connectivity index (χ2v) is 6.36. The molecule has 2 saturated carbocycles. The third-order valence-corrected chi connectivity index (χ3v) is 4.95. The van der Waals surface area contributed by atoms with Crippen molar-refractivity contribution in [2.24, 2.45) is 0 Å². The minimum atomic E-state index is -0.525. The third-order valence-electron chi connectivity index (χ3n) is 4.95. The maximum atomic E-state index is 12.4. The van der Waals surface area contributed by atoms with Crippen LogP contribution in [-0.4, -0.2) is 37.9 Å². The van der Waals surface area contributed by atoms with Gasteiger partial charge in [0.05, 0.1) is 13.2 Å². The fourth-order valence-corrected chi connectivity index (χ4v) is 3.81. The summed E-state index contributed by atoms with van der Waals surface area (Å²) in [5, 5.41) is 3.67. The van der Waals surface area contributed by atoms with Crippen LogP contribution in [0.5, 0.6) is 0 Å². The van der Waals surface area contributed by atoms with Crippen LogP contribution in [0, 0.1) is 0 Å². The quantitative estimate of drug-likeness (QED) is 0.636. The summed E-state index contributed by atoms with van der Waals surface area (Å²) in [7, 11) is 3.24. The molecule has 2 rings (SSSR count). The minimum Gasteiger partial charge on any atom is -0.468 e. The lowest BCUT2D eigenvalue weighted by Gasteiger charge is -2.41. The molecule has 0 bridgehead atoms. The van der Waals surface area contributed by atoms with E-state index >= 15 is 0 Å². The van der Waals surface area contributed by atoms with Crippen LogP contribution in [0.25, 0.3) is 0 Å². The van der Waals surface area contributed by atoms with Gasteiger partial charge in [-0.3, -0.25) is 10.1 Å². The van der Waals surface area contributed by atoms with Crippen molar-refractivity contribution >= 4 is 5.97 Å². The molecular formula is C16H29NO3. The largest absolute Gasteiger partial charge is 0.468 e. The van der Waals surface area contributed by atoms with E-state index in [2.05, 4.69) is 5.32 Å². The van der Waals surface area contributed by atoms with Crippen molar-refractivity contribution in [3.8, 4) is 0 Å². The lowest BCUT2D eigenvalue weighted by molar-refractivity contribution is -0.153. The molecule has 0 aromatic heterocycles. The van der Waals surface area contributed by atoms with Crippen LogP contribution in [0.1, 0.15) is 64.2 Å². The highest BCUT2D eigenvalue weighted by atomic mass is 16.5. The van der Waals surface area contributed by atoms with E-state index in [0.717, 1.165) is 25.7 Å². The average Bonchev–Trinajstić information content (AvgIpc) is 2.75. The van der Waals surface area contributed by atoms with Gasteiger partial charge in [0.25, 0.3) is 0 Å². The molecule has 0 saturated heterocycles. The molecule has 0 spiro atoms. The Bertz CT molecular complexity index is 313. The standard InChI is InChI=1S/C16H29NO3/c1-19-14-10-7-11-16(12-14,15(18)20-2)17-13-8-5-3-4-6-9-13/h13-14,17H,3-12H2,1-2H3. The van der Waals surface area contributed by atoms with Crippen molar-refractivity contribution in [3.05, 3.63) is 0 Å². The molecule has 2 unspecified atom stereocenters. The predicted octanol–water partition coefficient (Wildman–Crippen LogP) is 2.80. The number of rotatable bonds is 4. The van der Waals surface area contributed by atoms with Gasteiger partial charge in [-0.2, -0.15) is 0 Å². The van der Waals surface area contributed by atoms with Gasteiger partial charge in [-0.25, -0.2) is 0 Å². The number of esters is 1. The maximum Gasteiger partial charge on any atom is 0.326 e. The average molecular weight is 283 g/mol. The molecule has 1 N–H and O–H groups in total. The summed E-state index contributed by atoms with van der Waals surface area (Å²) >= 11 is 0. The van der Waals surface area contributed by atoms with Crippen molar-refractivity contribution in [1.82, 2.24) is 5.32 Å². The van der Waals surface area contributed by atoms with Crippen LogP contribution < -0.4 is 5.32 Å². The Hall–Kier alpha value is -0.610. The molecule has 0 radical (unpaired) electrons. The highest BCUT2D eigenvalue weighted by Gasteiger charge is 2.45. The second-order valence-electron chi connectivity index (χ2n) is 6.36. The molecule has 116 valence electrons. The molecule has 0 heterocycles.